The van der Waals surface area contributed by atoms with Gasteiger partial charge in [-0.1, -0.05) is 36.4 Å². The number of benzene rings is 2. The zero-order valence-electron chi connectivity index (χ0n) is 14.2. The van der Waals surface area contributed by atoms with Gasteiger partial charge in [-0.15, -0.1) is 0 Å². The Bertz CT molecular complexity index is 766. The number of piperidine rings is 1. The number of urea groups is 1. The van der Waals surface area contributed by atoms with Gasteiger partial charge in [-0.2, -0.15) is 0 Å². The van der Waals surface area contributed by atoms with Crippen LogP contribution in [0.2, 0.25) is 0 Å². The van der Waals surface area contributed by atoms with Crippen LogP contribution in [0.4, 0.5) is 10.5 Å². The molecule has 2 amide bonds. The van der Waals surface area contributed by atoms with Gasteiger partial charge in [0.2, 0.25) is 0 Å². The van der Waals surface area contributed by atoms with Gasteiger partial charge in [0.25, 0.3) is 0 Å². The third-order valence-electron chi connectivity index (χ3n) is 4.69. The summed E-state index contributed by atoms with van der Waals surface area (Å²) in [5.41, 5.74) is 4.13. The fraction of sp³-hybridized carbons (Fsp3) is 0.300. The number of hydrogen-bond donors (Lipinski definition) is 2. The van der Waals surface area contributed by atoms with Gasteiger partial charge in [-0.25, -0.2) is 4.79 Å². The smallest absolute Gasteiger partial charge is 0.321 e. The number of amides is 2. The van der Waals surface area contributed by atoms with Crippen molar-refractivity contribution < 1.29 is 14.7 Å². The van der Waals surface area contributed by atoms with Crippen LogP contribution < -0.4 is 5.32 Å². The monoisotopic (exact) mass is 338 g/mol. The van der Waals surface area contributed by atoms with Crippen LogP contribution in [0.1, 0.15) is 18.4 Å². The van der Waals surface area contributed by atoms with E-state index in [1.807, 2.05) is 43.3 Å². The summed E-state index contributed by atoms with van der Waals surface area (Å²) in [7, 11) is 0. The number of likely N-dealkylation sites (tertiary alicyclic amines) is 1. The van der Waals surface area contributed by atoms with E-state index >= 15 is 0 Å². The lowest BCUT2D eigenvalue weighted by Gasteiger charge is -2.30. The molecular formula is C20H22N2O3. The topological polar surface area (TPSA) is 69.6 Å². The van der Waals surface area contributed by atoms with Crippen LogP contribution in [0.3, 0.4) is 0 Å². The van der Waals surface area contributed by atoms with Crippen LogP contribution in [0.15, 0.2) is 48.5 Å². The first kappa shape index (κ1) is 17.0. The van der Waals surface area contributed by atoms with Crippen LogP contribution in [0.25, 0.3) is 11.1 Å². The van der Waals surface area contributed by atoms with Crippen molar-refractivity contribution in [3.63, 3.8) is 0 Å². The van der Waals surface area contributed by atoms with E-state index in [4.69, 9.17) is 5.11 Å². The number of aryl methyl sites for hydroxylation is 1. The lowest BCUT2D eigenvalue weighted by molar-refractivity contribution is -0.143. The minimum absolute atomic E-state index is 0.171. The normalized spacial score (nSPS) is 15.0. The molecule has 0 aliphatic carbocycles. The first-order valence-corrected chi connectivity index (χ1v) is 8.49. The summed E-state index contributed by atoms with van der Waals surface area (Å²) >= 11 is 0. The highest BCUT2D eigenvalue weighted by molar-refractivity contribution is 5.90. The lowest BCUT2D eigenvalue weighted by Crippen LogP contribution is -2.42. The minimum Gasteiger partial charge on any atom is -0.481 e. The predicted molar refractivity (Wildman–Crippen MR) is 97.6 cm³/mol. The van der Waals surface area contributed by atoms with E-state index in [1.165, 1.54) is 0 Å². The Morgan fingerprint density at radius 2 is 1.76 bits per heavy atom. The molecule has 1 aliphatic heterocycles. The number of nitrogens with one attached hydrogen (secondary N) is 1. The van der Waals surface area contributed by atoms with Crippen molar-refractivity contribution in [1.82, 2.24) is 4.90 Å². The fourth-order valence-electron chi connectivity index (χ4n) is 3.22. The molecule has 5 heteroatoms. The Balaban J connectivity index is 1.65. The maximum absolute atomic E-state index is 12.4. The molecule has 2 aromatic carbocycles. The van der Waals surface area contributed by atoms with E-state index < -0.39 is 5.97 Å². The summed E-state index contributed by atoms with van der Waals surface area (Å²) in [6, 6.07) is 15.8. The number of carboxylic acid groups (broad SMARTS) is 1. The molecule has 5 nitrogen and oxygen atoms in total. The summed E-state index contributed by atoms with van der Waals surface area (Å²) in [5, 5.41) is 11.9. The van der Waals surface area contributed by atoms with Crippen molar-refractivity contribution in [2.75, 3.05) is 18.4 Å². The summed E-state index contributed by atoms with van der Waals surface area (Å²) < 4.78 is 0. The zero-order chi connectivity index (χ0) is 17.8. The molecule has 130 valence electrons. The zero-order valence-corrected chi connectivity index (χ0v) is 14.2. The Morgan fingerprint density at radius 3 is 2.36 bits per heavy atom. The van der Waals surface area contributed by atoms with E-state index in [-0.39, 0.29) is 11.9 Å². The average molecular weight is 338 g/mol. The number of carboxylic acids is 1. The van der Waals surface area contributed by atoms with Crippen LogP contribution in [0, 0.1) is 12.8 Å². The van der Waals surface area contributed by atoms with Gasteiger partial charge in [0, 0.05) is 18.8 Å². The van der Waals surface area contributed by atoms with Gasteiger partial charge >= 0.3 is 12.0 Å². The van der Waals surface area contributed by atoms with E-state index in [9.17, 15) is 9.59 Å². The second kappa shape index (κ2) is 7.38. The maximum atomic E-state index is 12.4. The fourth-order valence-corrected chi connectivity index (χ4v) is 3.22. The van der Waals surface area contributed by atoms with Gasteiger partial charge in [-0.05, 0) is 48.6 Å². The Morgan fingerprint density at radius 1 is 1.08 bits per heavy atom. The van der Waals surface area contributed by atoms with Gasteiger partial charge in [0.15, 0.2) is 0 Å². The third-order valence-corrected chi connectivity index (χ3v) is 4.69. The van der Waals surface area contributed by atoms with E-state index in [0.717, 1.165) is 22.4 Å². The average Bonchev–Trinajstić information content (AvgIpc) is 2.62. The number of carbonyl (C=O) groups is 2. The highest BCUT2D eigenvalue weighted by Gasteiger charge is 2.26. The molecule has 1 aliphatic rings. The van der Waals surface area contributed by atoms with Crippen LogP contribution in [-0.2, 0) is 4.79 Å². The number of anilines is 1. The molecule has 2 aromatic rings. The van der Waals surface area contributed by atoms with Gasteiger partial charge < -0.3 is 15.3 Å². The van der Waals surface area contributed by atoms with Gasteiger partial charge in [0.05, 0.1) is 5.92 Å². The second-order valence-corrected chi connectivity index (χ2v) is 6.43. The molecule has 0 radical (unpaired) electrons. The third kappa shape index (κ3) is 3.99. The quantitative estimate of drug-likeness (QED) is 0.889. The van der Waals surface area contributed by atoms with Crippen LogP contribution in [-0.4, -0.2) is 35.1 Å². The highest BCUT2D eigenvalue weighted by Crippen LogP contribution is 2.26. The number of nitrogens with zero attached hydrogens (tertiary/aromatic N) is 1. The molecule has 0 unspecified atom stereocenters. The van der Waals surface area contributed by atoms with Gasteiger partial charge in [0.1, 0.15) is 0 Å². The van der Waals surface area contributed by atoms with E-state index in [2.05, 4.69) is 17.4 Å². The number of carbonyl (C=O) groups excluding carboxylic acids is 1. The van der Waals surface area contributed by atoms with Crippen molar-refractivity contribution in [1.29, 1.82) is 0 Å². The molecule has 2 N–H and O–H groups in total. The molecule has 0 aromatic heterocycles. The second-order valence-electron chi connectivity index (χ2n) is 6.43. The number of rotatable bonds is 3. The van der Waals surface area contributed by atoms with Crippen molar-refractivity contribution >= 4 is 17.7 Å². The molecule has 1 saturated heterocycles. The molecule has 0 bridgehead atoms. The van der Waals surface area contributed by atoms with Gasteiger partial charge in [-0.3, -0.25) is 4.79 Å². The largest absolute Gasteiger partial charge is 0.481 e. The molecule has 1 fully saturated rings. The number of aliphatic carboxylic acids is 1. The summed E-state index contributed by atoms with van der Waals surface area (Å²) in [5.74, 6) is -1.11. The molecule has 25 heavy (non-hydrogen) atoms. The molecule has 3 rings (SSSR count). The van der Waals surface area contributed by atoms with E-state index in [0.29, 0.717) is 25.9 Å². The maximum Gasteiger partial charge on any atom is 0.321 e. The van der Waals surface area contributed by atoms with E-state index in [1.54, 1.807) is 4.90 Å². The Kier molecular flexibility index (Phi) is 5.03. The van der Waals surface area contributed by atoms with Crippen LogP contribution >= 0.6 is 0 Å². The highest BCUT2D eigenvalue weighted by atomic mass is 16.4. The standard InChI is InChI=1S/C20H22N2O3/c1-14-13-17(7-8-18(14)15-5-3-2-4-6-15)21-20(25)22-11-9-16(10-12-22)19(23)24/h2-8,13,16H,9-12H2,1H3,(H,21,25)(H,23,24). The van der Waals surface area contributed by atoms with Crippen molar-refractivity contribution in [2.24, 2.45) is 5.92 Å². The summed E-state index contributed by atoms with van der Waals surface area (Å²) in [6.07, 6.45) is 1.02. The molecule has 0 spiro atoms. The lowest BCUT2D eigenvalue weighted by atomic mass is 9.97. The molecular weight excluding hydrogens is 316 g/mol. The Hall–Kier alpha value is -2.82. The summed E-state index contributed by atoms with van der Waals surface area (Å²) in [6.45, 7) is 2.98. The minimum atomic E-state index is -0.771. The SMILES string of the molecule is Cc1cc(NC(=O)N2CCC(C(=O)O)CC2)ccc1-c1ccccc1. The van der Waals surface area contributed by atoms with Crippen molar-refractivity contribution in [2.45, 2.75) is 19.8 Å². The molecule has 0 saturated carbocycles. The van der Waals surface area contributed by atoms with Crippen LogP contribution in [0.5, 0.6) is 0 Å². The first-order chi connectivity index (χ1) is 12.0. The molecule has 0 atom stereocenters. The summed E-state index contributed by atoms with van der Waals surface area (Å²) in [4.78, 5) is 25.0. The Labute approximate surface area is 147 Å². The first-order valence-electron chi connectivity index (χ1n) is 8.49. The predicted octanol–water partition coefficient (Wildman–Crippen LogP) is 3.99. The van der Waals surface area contributed by atoms with Crippen molar-refractivity contribution in [3.05, 3.63) is 54.1 Å². The number of hydrogen-bond acceptors (Lipinski definition) is 2. The van der Waals surface area contributed by atoms with Crippen molar-refractivity contribution in [3.8, 4) is 11.1 Å². The molecule has 1 heterocycles.